The number of anilines is 2. The highest BCUT2D eigenvalue weighted by atomic mass is 15.2. The second-order valence-electron chi connectivity index (χ2n) is 6.84. The van der Waals surface area contributed by atoms with Crippen LogP contribution in [0.1, 0.15) is 18.1 Å². The summed E-state index contributed by atoms with van der Waals surface area (Å²) < 4.78 is 2.00. The summed E-state index contributed by atoms with van der Waals surface area (Å²) in [6, 6.07) is 18.4. The molecule has 0 spiro atoms. The van der Waals surface area contributed by atoms with Gasteiger partial charge in [0.2, 0.25) is 0 Å². The van der Waals surface area contributed by atoms with Crippen LogP contribution in [0.2, 0.25) is 0 Å². The molecule has 5 nitrogen and oxygen atoms in total. The number of rotatable bonds is 4. The first-order chi connectivity index (χ1) is 13.6. The highest BCUT2D eigenvalue weighted by molar-refractivity contribution is 5.80. The van der Waals surface area contributed by atoms with Crippen LogP contribution < -0.4 is 4.90 Å². The van der Waals surface area contributed by atoms with E-state index in [4.69, 9.17) is 5.26 Å². The minimum absolute atomic E-state index is 0.672. The second kappa shape index (κ2) is 7.16. The Morgan fingerprint density at radius 2 is 1.89 bits per heavy atom. The van der Waals surface area contributed by atoms with Crippen molar-refractivity contribution in [3.8, 4) is 17.2 Å². The summed E-state index contributed by atoms with van der Waals surface area (Å²) in [5, 5.41) is 9.16. The van der Waals surface area contributed by atoms with Gasteiger partial charge in [0, 0.05) is 25.8 Å². The smallest absolute Gasteiger partial charge is 0.134 e. The first-order valence-corrected chi connectivity index (χ1v) is 9.25. The molecule has 4 rings (SSSR count). The van der Waals surface area contributed by atoms with Crippen molar-refractivity contribution in [2.24, 2.45) is 7.05 Å². The number of aryl methyl sites for hydroxylation is 2. The maximum absolute atomic E-state index is 9.16. The Bertz CT molecular complexity index is 1200. The van der Waals surface area contributed by atoms with Crippen LogP contribution in [0.3, 0.4) is 0 Å². The average Bonchev–Trinajstić information content (AvgIpc) is 3.13. The van der Waals surface area contributed by atoms with Crippen molar-refractivity contribution in [1.29, 1.82) is 5.26 Å². The van der Waals surface area contributed by atoms with Crippen LogP contribution in [0.4, 0.5) is 11.5 Å². The molecule has 0 saturated heterocycles. The topological polar surface area (TPSA) is 57.7 Å². The van der Waals surface area contributed by atoms with Crippen molar-refractivity contribution in [3.63, 3.8) is 0 Å². The molecule has 0 bridgehead atoms. The minimum Gasteiger partial charge on any atom is -0.334 e. The monoisotopic (exact) mass is 367 g/mol. The van der Waals surface area contributed by atoms with Crippen molar-refractivity contribution in [2.45, 2.75) is 13.3 Å². The Balaban J connectivity index is 1.74. The van der Waals surface area contributed by atoms with Crippen molar-refractivity contribution < 1.29 is 0 Å². The van der Waals surface area contributed by atoms with Gasteiger partial charge in [-0.15, -0.1) is 0 Å². The van der Waals surface area contributed by atoms with Gasteiger partial charge in [-0.25, -0.2) is 9.97 Å². The maximum atomic E-state index is 9.16. The summed E-state index contributed by atoms with van der Waals surface area (Å²) in [4.78, 5) is 11.0. The molecule has 28 heavy (non-hydrogen) atoms. The van der Waals surface area contributed by atoms with Crippen molar-refractivity contribution in [2.75, 3.05) is 11.9 Å². The lowest BCUT2D eigenvalue weighted by Crippen LogP contribution is -2.13. The highest BCUT2D eigenvalue weighted by Gasteiger charge is 2.13. The third-order valence-corrected chi connectivity index (χ3v) is 5.09. The third kappa shape index (κ3) is 3.10. The molecule has 0 fully saturated rings. The van der Waals surface area contributed by atoms with Gasteiger partial charge in [0.1, 0.15) is 11.3 Å². The summed E-state index contributed by atoms with van der Waals surface area (Å²) in [6.45, 7) is 2.15. The molecular formula is C23H21N5. The number of fused-ring (bicyclic) bond motifs is 1. The normalized spacial score (nSPS) is 10.8. The van der Waals surface area contributed by atoms with E-state index in [1.165, 1.54) is 5.56 Å². The molecule has 5 heteroatoms. The summed E-state index contributed by atoms with van der Waals surface area (Å²) >= 11 is 0. The zero-order valence-electron chi connectivity index (χ0n) is 16.2. The quantitative estimate of drug-likeness (QED) is 0.518. The third-order valence-electron chi connectivity index (χ3n) is 5.09. The number of aromatic nitrogens is 3. The van der Waals surface area contributed by atoms with E-state index < -0.39 is 0 Å². The number of hydrogen-bond donors (Lipinski definition) is 0. The van der Waals surface area contributed by atoms with Gasteiger partial charge in [-0.1, -0.05) is 25.1 Å². The molecule has 0 aliphatic heterocycles. The second-order valence-corrected chi connectivity index (χ2v) is 6.84. The Kier molecular flexibility index (Phi) is 4.54. The SMILES string of the molecule is CCc1cc(-c2cccc(C#N)c2)ccc1N(C)c1cc2c(cn1)ncn2C. The van der Waals surface area contributed by atoms with E-state index in [2.05, 4.69) is 52.1 Å². The molecule has 0 aliphatic carbocycles. The van der Waals surface area contributed by atoms with E-state index in [-0.39, 0.29) is 0 Å². The molecule has 0 unspecified atom stereocenters. The zero-order valence-corrected chi connectivity index (χ0v) is 16.2. The molecule has 2 aromatic heterocycles. The van der Waals surface area contributed by atoms with Gasteiger partial charge in [-0.05, 0) is 47.4 Å². The zero-order chi connectivity index (χ0) is 19.7. The van der Waals surface area contributed by atoms with E-state index >= 15 is 0 Å². The lowest BCUT2D eigenvalue weighted by Gasteiger charge is -2.22. The molecular weight excluding hydrogens is 346 g/mol. The van der Waals surface area contributed by atoms with E-state index in [9.17, 15) is 0 Å². The summed E-state index contributed by atoms with van der Waals surface area (Å²) in [5.74, 6) is 0.880. The predicted molar refractivity (Wildman–Crippen MR) is 113 cm³/mol. The van der Waals surface area contributed by atoms with Crippen LogP contribution in [-0.4, -0.2) is 21.6 Å². The summed E-state index contributed by atoms with van der Waals surface area (Å²) in [6.07, 6.45) is 4.52. The van der Waals surface area contributed by atoms with Gasteiger partial charge in [-0.2, -0.15) is 5.26 Å². The molecule has 2 aromatic carbocycles. The molecule has 0 saturated carbocycles. The van der Waals surface area contributed by atoms with Crippen LogP contribution in [0, 0.1) is 11.3 Å². The number of hydrogen-bond acceptors (Lipinski definition) is 4. The van der Waals surface area contributed by atoms with Crippen molar-refractivity contribution >= 4 is 22.5 Å². The first kappa shape index (κ1) is 17.7. The highest BCUT2D eigenvalue weighted by Crippen LogP contribution is 2.32. The molecule has 2 heterocycles. The Hall–Kier alpha value is -3.65. The number of pyridine rings is 1. The van der Waals surface area contributed by atoms with Gasteiger partial charge in [0.15, 0.2) is 0 Å². The van der Waals surface area contributed by atoms with E-state index in [1.807, 2.05) is 49.1 Å². The Labute approximate surface area is 164 Å². The van der Waals surface area contributed by atoms with E-state index in [0.29, 0.717) is 5.56 Å². The Morgan fingerprint density at radius 3 is 2.68 bits per heavy atom. The molecule has 0 amide bonds. The lowest BCUT2D eigenvalue weighted by atomic mass is 9.99. The number of nitriles is 1. The Morgan fingerprint density at radius 1 is 1.07 bits per heavy atom. The van der Waals surface area contributed by atoms with Crippen molar-refractivity contribution in [3.05, 3.63) is 72.2 Å². The number of nitrogens with zero attached hydrogens (tertiary/aromatic N) is 5. The van der Waals surface area contributed by atoms with Gasteiger partial charge < -0.3 is 9.47 Å². The molecule has 138 valence electrons. The van der Waals surface area contributed by atoms with Crippen molar-refractivity contribution in [1.82, 2.24) is 14.5 Å². The van der Waals surface area contributed by atoms with Crippen LogP contribution in [-0.2, 0) is 13.5 Å². The fraction of sp³-hybridized carbons (Fsp3) is 0.174. The fourth-order valence-corrected chi connectivity index (χ4v) is 3.47. The van der Waals surface area contributed by atoms with Crippen LogP contribution in [0.5, 0.6) is 0 Å². The van der Waals surface area contributed by atoms with Crippen LogP contribution in [0.15, 0.2) is 61.1 Å². The van der Waals surface area contributed by atoms with E-state index in [0.717, 1.165) is 40.1 Å². The van der Waals surface area contributed by atoms with Gasteiger partial charge in [0.25, 0.3) is 0 Å². The first-order valence-electron chi connectivity index (χ1n) is 9.25. The summed E-state index contributed by atoms with van der Waals surface area (Å²) in [5.41, 5.74) is 7.14. The largest absolute Gasteiger partial charge is 0.334 e. The lowest BCUT2D eigenvalue weighted by molar-refractivity contribution is 0.946. The van der Waals surface area contributed by atoms with Crippen LogP contribution >= 0.6 is 0 Å². The predicted octanol–water partition coefficient (Wildman–Crippen LogP) is 4.84. The molecule has 0 aliphatic rings. The molecule has 0 radical (unpaired) electrons. The minimum atomic E-state index is 0.672. The van der Waals surface area contributed by atoms with Gasteiger partial charge >= 0.3 is 0 Å². The molecule has 0 N–H and O–H groups in total. The number of imidazole rings is 1. The van der Waals surface area contributed by atoms with E-state index in [1.54, 1.807) is 6.33 Å². The number of benzene rings is 2. The average molecular weight is 367 g/mol. The molecule has 0 atom stereocenters. The van der Waals surface area contributed by atoms with Gasteiger partial charge in [0.05, 0.1) is 29.7 Å². The maximum Gasteiger partial charge on any atom is 0.134 e. The van der Waals surface area contributed by atoms with Crippen LogP contribution in [0.25, 0.3) is 22.2 Å². The standard InChI is InChI=1S/C23H21N5/c1-4-17-11-19(18-7-5-6-16(10-18)13-24)8-9-21(17)28(3)23-12-22-20(14-25-23)26-15-27(22)2/h5-12,14-15H,4H2,1-3H3. The van der Waals surface area contributed by atoms with Gasteiger partial charge in [-0.3, -0.25) is 0 Å². The molecule has 4 aromatic rings. The fourth-order valence-electron chi connectivity index (χ4n) is 3.47. The summed E-state index contributed by atoms with van der Waals surface area (Å²) in [7, 11) is 4.02.